The zero-order valence-corrected chi connectivity index (χ0v) is 31.7. The largest absolute Gasteiger partial charge is 0.461 e. The summed E-state index contributed by atoms with van der Waals surface area (Å²) in [6.45, 7) is -0.167. The molecule has 0 radical (unpaired) electrons. The van der Waals surface area contributed by atoms with Gasteiger partial charge in [0.25, 0.3) is 0 Å². The summed E-state index contributed by atoms with van der Waals surface area (Å²) in [5, 5.41) is 3.79. The first-order valence-electron chi connectivity index (χ1n) is 18.7. The monoisotopic (exact) mass is 788 g/mol. The van der Waals surface area contributed by atoms with E-state index in [9.17, 15) is 27.6 Å². The Morgan fingerprint density at radius 1 is 0.789 bits per heavy atom. The van der Waals surface area contributed by atoms with Crippen LogP contribution in [-0.2, 0) is 48.4 Å². The molecular weight excluding hydrogens is 748 g/mol. The number of benzene rings is 5. The van der Waals surface area contributed by atoms with Gasteiger partial charge in [-0.15, -0.1) is 0 Å². The van der Waals surface area contributed by atoms with Gasteiger partial charge < -0.3 is 25.2 Å². The maximum atomic E-state index is 15.8. The van der Waals surface area contributed by atoms with Crippen molar-refractivity contribution in [2.75, 3.05) is 23.3 Å². The van der Waals surface area contributed by atoms with E-state index in [4.69, 9.17) is 4.74 Å². The number of aryl methyl sites for hydroxylation is 1. The molecule has 0 aromatic heterocycles. The molecule has 3 unspecified atom stereocenters. The van der Waals surface area contributed by atoms with Crippen LogP contribution in [0.2, 0.25) is 0 Å². The van der Waals surface area contributed by atoms with E-state index in [0.717, 1.165) is 22.4 Å². The number of hydrogen-bond donors (Lipinski definition) is 2. The maximum absolute atomic E-state index is 15.8. The van der Waals surface area contributed by atoms with E-state index in [1.54, 1.807) is 53.4 Å². The fraction of sp³-hybridized carbons (Fsp3) is 0.227. The lowest BCUT2D eigenvalue weighted by Gasteiger charge is -2.36. The fourth-order valence-corrected chi connectivity index (χ4v) is 9.55. The molecule has 0 spiro atoms. The fourth-order valence-electron chi connectivity index (χ4n) is 7.61. The Kier molecular flexibility index (Phi) is 11.7. The number of halogens is 1. The Balaban J connectivity index is 1.13. The van der Waals surface area contributed by atoms with Gasteiger partial charge in [0.1, 0.15) is 18.5 Å². The number of para-hydroxylation sites is 1. The first-order chi connectivity index (χ1) is 27.6. The molecule has 5 aromatic rings. The topological polar surface area (TPSA) is 142 Å². The summed E-state index contributed by atoms with van der Waals surface area (Å²) in [4.78, 5) is 57.5. The molecule has 292 valence electrons. The number of urea groups is 1. The van der Waals surface area contributed by atoms with Gasteiger partial charge in [-0.05, 0) is 72.4 Å². The molecule has 2 heterocycles. The first-order valence-corrected chi connectivity index (χ1v) is 20.2. The lowest BCUT2D eigenvalue weighted by Crippen LogP contribution is -2.52. The predicted molar refractivity (Wildman–Crippen MR) is 212 cm³/mol. The van der Waals surface area contributed by atoms with Gasteiger partial charge in [0.2, 0.25) is 11.8 Å². The van der Waals surface area contributed by atoms with Crippen LogP contribution in [0, 0.1) is 5.82 Å². The van der Waals surface area contributed by atoms with Crippen molar-refractivity contribution in [1.29, 1.82) is 0 Å². The van der Waals surface area contributed by atoms with Gasteiger partial charge in [-0.1, -0.05) is 97.1 Å². The van der Waals surface area contributed by atoms with Crippen molar-refractivity contribution in [2.24, 2.45) is 0 Å². The van der Waals surface area contributed by atoms with Gasteiger partial charge in [0.15, 0.2) is 9.84 Å². The molecule has 57 heavy (non-hydrogen) atoms. The summed E-state index contributed by atoms with van der Waals surface area (Å²) in [5.41, 5.74) is 3.32. The quantitative estimate of drug-likeness (QED) is 0.148. The van der Waals surface area contributed by atoms with Gasteiger partial charge in [-0.2, -0.15) is 0 Å². The van der Waals surface area contributed by atoms with Gasteiger partial charge in [0, 0.05) is 23.5 Å². The first kappa shape index (κ1) is 38.9. The molecule has 0 aliphatic carbocycles. The minimum absolute atomic E-state index is 0.0238. The summed E-state index contributed by atoms with van der Waals surface area (Å²) in [6, 6.07) is 33.1. The average molecular weight is 789 g/mol. The Bertz CT molecular complexity index is 2380. The summed E-state index contributed by atoms with van der Waals surface area (Å²) in [6.07, 6.45) is 1.06. The van der Waals surface area contributed by atoms with Crippen LogP contribution in [0.25, 0.3) is 0 Å². The zero-order valence-electron chi connectivity index (χ0n) is 30.9. The van der Waals surface area contributed by atoms with Crippen LogP contribution in [0.4, 0.5) is 20.6 Å². The van der Waals surface area contributed by atoms with Crippen LogP contribution in [0.3, 0.4) is 0 Å². The number of hydrogen-bond acceptors (Lipinski definition) is 7. The number of ether oxygens (including phenoxy) is 1. The molecule has 1 fully saturated rings. The van der Waals surface area contributed by atoms with E-state index in [-0.39, 0.29) is 29.9 Å². The van der Waals surface area contributed by atoms with Crippen LogP contribution >= 0.6 is 0 Å². The number of esters is 1. The van der Waals surface area contributed by atoms with Gasteiger partial charge in [0.05, 0.1) is 29.2 Å². The van der Waals surface area contributed by atoms with E-state index in [1.807, 2.05) is 54.6 Å². The number of carbonyl (C=O) groups excluding carboxylic acids is 4. The van der Waals surface area contributed by atoms with Crippen molar-refractivity contribution in [1.82, 2.24) is 10.2 Å². The lowest BCUT2D eigenvalue weighted by atomic mass is 10.0. The molecule has 7 rings (SSSR count). The summed E-state index contributed by atoms with van der Waals surface area (Å²) < 4.78 is 50.0. The number of anilines is 2. The third-order valence-electron chi connectivity index (χ3n) is 10.3. The van der Waals surface area contributed by atoms with E-state index in [2.05, 4.69) is 10.6 Å². The van der Waals surface area contributed by atoms with Crippen molar-refractivity contribution in [3.05, 3.63) is 162 Å². The zero-order chi connectivity index (χ0) is 39.9. The second-order valence-corrected chi connectivity index (χ2v) is 16.1. The number of carbonyl (C=O) groups is 4. The SMILES string of the molecule is O=C(NCC(=O)N1C(C(=O)N2CCCc3ccccc32)CC(S(=O)(=O)c2ccccc2)C1c1ccccc1F)Nc1cccc(CC(=O)OCc2ccccc2)c1. The Labute approximate surface area is 330 Å². The lowest BCUT2D eigenvalue weighted by molar-refractivity contribution is -0.144. The van der Waals surface area contributed by atoms with Gasteiger partial charge >= 0.3 is 12.0 Å². The second kappa shape index (κ2) is 17.2. The molecule has 4 amide bonds. The molecular formula is C44H41FN4O7S. The number of fused-ring (bicyclic) bond motifs is 1. The number of likely N-dealkylation sites (tertiary alicyclic amines) is 1. The smallest absolute Gasteiger partial charge is 0.319 e. The Hall–Kier alpha value is -6.34. The third kappa shape index (κ3) is 8.73. The van der Waals surface area contributed by atoms with Crippen LogP contribution in [0.1, 0.15) is 41.1 Å². The number of rotatable bonds is 11. The normalized spacial score (nSPS) is 17.7. The number of nitrogens with zero attached hydrogens (tertiary/aromatic N) is 2. The number of sulfone groups is 1. The van der Waals surface area contributed by atoms with Gasteiger partial charge in [-0.3, -0.25) is 14.4 Å². The molecule has 3 atom stereocenters. The highest BCUT2D eigenvalue weighted by molar-refractivity contribution is 7.92. The van der Waals surface area contributed by atoms with Crippen molar-refractivity contribution in [3.63, 3.8) is 0 Å². The molecule has 2 aliphatic rings. The van der Waals surface area contributed by atoms with Crippen LogP contribution in [0.5, 0.6) is 0 Å². The Morgan fingerprint density at radius 3 is 2.25 bits per heavy atom. The third-order valence-corrected chi connectivity index (χ3v) is 12.4. The van der Waals surface area contributed by atoms with E-state index >= 15 is 4.39 Å². The van der Waals surface area contributed by atoms with E-state index in [1.165, 1.54) is 30.3 Å². The predicted octanol–water partition coefficient (Wildman–Crippen LogP) is 6.40. The number of amides is 4. The molecule has 0 saturated carbocycles. The molecule has 2 N–H and O–H groups in total. The molecule has 11 nitrogen and oxygen atoms in total. The van der Waals surface area contributed by atoms with Crippen molar-refractivity contribution >= 4 is 45.0 Å². The summed E-state index contributed by atoms with van der Waals surface area (Å²) in [5.74, 6) is -2.46. The minimum Gasteiger partial charge on any atom is -0.461 e. The van der Waals surface area contributed by atoms with Crippen molar-refractivity contribution in [2.45, 2.75) is 54.5 Å². The highest BCUT2D eigenvalue weighted by Crippen LogP contribution is 2.44. The molecule has 1 saturated heterocycles. The number of nitrogens with one attached hydrogen (secondary N) is 2. The van der Waals surface area contributed by atoms with E-state index < -0.39 is 63.3 Å². The van der Waals surface area contributed by atoms with Crippen molar-refractivity contribution < 1.29 is 36.7 Å². The second-order valence-electron chi connectivity index (χ2n) is 14.0. The standard InChI is InChI=1S/C44H41FN4O7S/c45-36-22-9-8-21-35(36)42-39(57(54,55)34-19-5-2-6-20-34)27-38(43(52)48-24-12-17-32-16-7-10-23-37(32)48)49(42)40(50)28-46-44(53)47-33-18-11-15-31(25-33)26-41(51)56-29-30-13-3-1-4-14-30/h1-11,13-16,18-23,25,38-39,42H,12,17,24,26-29H2,(H2,46,47,53). The minimum atomic E-state index is -4.24. The maximum Gasteiger partial charge on any atom is 0.319 e. The molecule has 5 aromatic carbocycles. The Morgan fingerprint density at radius 2 is 1.47 bits per heavy atom. The molecule has 0 bridgehead atoms. The van der Waals surface area contributed by atoms with Crippen LogP contribution in [0.15, 0.2) is 138 Å². The van der Waals surface area contributed by atoms with Gasteiger partial charge in [-0.25, -0.2) is 17.6 Å². The van der Waals surface area contributed by atoms with Crippen LogP contribution < -0.4 is 15.5 Å². The summed E-state index contributed by atoms with van der Waals surface area (Å²) >= 11 is 0. The van der Waals surface area contributed by atoms with E-state index in [0.29, 0.717) is 29.9 Å². The molecule has 2 aliphatic heterocycles. The molecule has 13 heteroatoms. The van der Waals surface area contributed by atoms with Crippen LogP contribution in [-0.4, -0.2) is 61.5 Å². The van der Waals surface area contributed by atoms with Crippen molar-refractivity contribution in [3.8, 4) is 0 Å². The highest BCUT2D eigenvalue weighted by Gasteiger charge is 2.54. The highest BCUT2D eigenvalue weighted by atomic mass is 32.2. The summed E-state index contributed by atoms with van der Waals surface area (Å²) in [7, 11) is -4.24. The average Bonchev–Trinajstić information content (AvgIpc) is 3.64.